The van der Waals surface area contributed by atoms with Crippen molar-refractivity contribution in [1.29, 1.82) is 0 Å². The number of rotatable bonds is 4. The van der Waals surface area contributed by atoms with Gasteiger partial charge in [-0.25, -0.2) is 0 Å². The van der Waals surface area contributed by atoms with E-state index in [-0.39, 0.29) is 11.8 Å². The van der Waals surface area contributed by atoms with Gasteiger partial charge in [-0.05, 0) is 38.0 Å². The normalized spacial score (nSPS) is 22.5. The van der Waals surface area contributed by atoms with Crippen molar-refractivity contribution in [3.8, 4) is 0 Å². The van der Waals surface area contributed by atoms with Crippen molar-refractivity contribution in [2.75, 3.05) is 13.1 Å². The third-order valence-electron chi connectivity index (χ3n) is 4.06. The van der Waals surface area contributed by atoms with Crippen LogP contribution in [-0.4, -0.2) is 29.8 Å². The predicted octanol–water partition coefficient (Wildman–Crippen LogP) is 2.21. The number of hydrogen-bond acceptors (Lipinski definition) is 2. The van der Waals surface area contributed by atoms with Crippen LogP contribution in [0.2, 0.25) is 0 Å². The first-order valence-corrected chi connectivity index (χ1v) is 7.49. The van der Waals surface area contributed by atoms with Gasteiger partial charge in [0.05, 0.1) is 0 Å². The van der Waals surface area contributed by atoms with Crippen molar-refractivity contribution in [3.05, 3.63) is 11.8 Å². The molecule has 2 rings (SSSR count). The number of nitrogens with zero attached hydrogens (tertiary/aromatic N) is 1. The fourth-order valence-corrected chi connectivity index (χ4v) is 3.01. The Bertz CT molecular complexity index is 376. The van der Waals surface area contributed by atoms with Crippen molar-refractivity contribution in [1.82, 2.24) is 10.2 Å². The number of likely N-dealkylation sites (tertiary alicyclic amines) is 1. The summed E-state index contributed by atoms with van der Waals surface area (Å²) >= 11 is 0. The minimum atomic E-state index is 0.0150. The molecule has 1 heterocycles. The summed E-state index contributed by atoms with van der Waals surface area (Å²) in [5, 5.41) is 2.77. The van der Waals surface area contributed by atoms with Crippen LogP contribution in [0, 0.1) is 5.92 Å². The maximum absolute atomic E-state index is 12.3. The van der Waals surface area contributed by atoms with Gasteiger partial charge in [-0.1, -0.05) is 13.0 Å². The average Bonchev–Trinajstić information content (AvgIpc) is 2.46. The molecule has 4 nitrogen and oxygen atoms in total. The summed E-state index contributed by atoms with van der Waals surface area (Å²) in [4.78, 5) is 25.4. The molecule has 1 aliphatic heterocycles. The Morgan fingerprint density at radius 2 is 2.16 bits per heavy atom. The van der Waals surface area contributed by atoms with E-state index >= 15 is 0 Å². The summed E-state index contributed by atoms with van der Waals surface area (Å²) in [6.45, 7) is 3.13. The molecule has 1 atom stereocenters. The first-order valence-electron chi connectivity index (χ1n) is 7.49. The molecule has 2 aliphatic rings. The summed E-state index contributed by atoms with van der Waals surface area (Å²) in [5.74, 6) is 0.770. The van der Waals surface area contributed by atoms with Crippen LogP contribution in [-0.2, 0) is 9.59 Å². The smallest absolute Gasteiger partial charge is 0.228 e. The number of allylic oxidation sites excluding steroid dienone is 2. The zero-order chi connectivity index (χ0) is 13.7. The molecular weight excluding hydrogens is 240 g/mol. The number of hydrogen-bond donors (Lipinski definition) is 1. The standard InChI is InChI=1S/C15H24N2O2/c1-2-14(18)16-10-9-15(19)17-11-5-7-12-6-3-4-8-13(12)17/h8,12H,2-7,9-11H2,1H3,(H,16,18). The molecule has 1 unspecified atom stereocenters. The summed E-state index contributed by atoms with van der Waals surface area (Å²) in [7, 11) is 0. The molecule has 1 fully saturated rings. The minimum absolute atomic E-state index is 0.0150. The fourth-order valence-electron chi connectivity index (χ4n) is 3.01. The number of carbonyl (C=O) groups is 2. The van der Waals surface area contributed by atoms with Gasteiger partial charge in [-0.2, -0.15) is 0 Å². The SMILES string of the molecule is CCC(=O)NCCC(=O)N1CCCC2CCCC=C21. The lowest BCUT2D eigenvalue weighted by Crippen LogP contribution is -2.40. The summed E-state index contributed by atoms with van der Waals surface area (Å²) in [5.41, 5.74) is 1.25. The lowest BCUT2D eigenvalue weighted by atomic mass is 9.85. The van der Waals surface area contributed by atoms with Gasteiger partial charge in [-0.3, -0.25) is 9.59 Å². The molecule has 0 aromatic carbocycles. The van der Waals surface area contributed by atoms with E-state index in [0.717, 1.165) is 19.4 Å². The maximum Gasteiger partial charge on any atom is 0.228 e. The number of fused-ring (bicyclic) bond motifs is 1. The van der Waals surface area contributed by atoms with Crippen LogP contribution in [0.25, 0.3) is 0 Å². The van der Waals surface area contributed by atoms with Gasteiger partial charge < -0.3 is 10.2 Å². The fraction of sp³-hybridized carbons (Fsp3) is 0.733. The molecule has 4 heteroatoms. The Labute approximate surface area is 115 Å². The highest BCUT2D eigenvalue weighted by atomic mass is 16.2. The van der Waals surface area contributed by atoms with E-state index in [9.17, 15) is 9.59 Å². The largest absolute Gasteiger partial charge is 0.356 e. The van der Waals surface area contributed by atoms with Gasteiger partial charge >= 0.3 is 0 Å². The van der Waals surface area contributed by atoms with Crippen LogP contribution in [0.3, 0.4) is 0 Å². The van der Waals surface area contributed by atoms with E-state index in [1.807, 2.05) is 11.8 Å². The lowest BCUT2D eigenvalue weighted by Gasteiger charge is -2.38. The molecule has 0 bridgehead atoms. The predicted molar refractivity (Wildman–Crippen MR) is 74.3 cm³/mol. The second-order valence-electron chi connectivity index (χ2n) is 5.40. The van der Waals surface area contributed by atoms with Crippen LogP contribution in [0.15, 0.2) is 11.8 Å². The number of nitrogens with one attached hydrogen (secondary N) is 1. The van der Waals surface area contributed by atoms with Gasteiger partial charge in [0, 0.05) is 31.6 Å². The van der Waals surface area contributed by atoms with Crippen molar-refractivity contribution < 1.29 is 9.59 Å². The number of carbonyl (C=O) groups excluding carboxylic acids is 2. The van der Waals surface area contributed by atoms with Crippen LogP contribution in [0.1, 0.15) is 51.9 Å². The first kappa shape index (κ1) is 14.1. The molecule has 1 N–H and O–H groups in total. The molecular formula is C15H24N2O2. The molecule has 2 amide bonds. The van der Waals surface area contributed by atoms with E-state index in [4.69, 9.17) is 0 Å². The van der Waals surface area contributed by atoms with Gasteiger partial charge in [0.1, 0.15) is 0 Å². The Hall–Kier alpha value is -1.32. The third kappa shape index (κ3) is 3.58. The Morgan fingerprint density at radius 3 is 2.95 bits per heavy atom. The molecule has 0 aromatic rings. The molecule has 0 aromatic heterocycles. The van der Waals surface area contributed by atoms with Crippen LogP contribution in [0.4, 0.5) is 0 Å². The second-order valence-corrected chi connectivity index (χ2v) is 5.40. The van der Waals surface area contributed by atoms with Crippen molar-refractivity contribution in [2.24, 2.45) is 5.92 Å². The van der Waals surface area contributed by atoms with Gasteiger partial charge in [0.15, 0.2) is 0 Å². The molecule has 0 spiro atoms. The zero-order valence-corrected chi connectivity index (χ0v) is 11.8. The van der Waals surface area contributed by atoms with E-state index in [0.29, 0.717) is 25.3 Å². The van der Waals surface area contributed by atoms with Gasteiger partial charge in [0.25, 0.3) is 0 Å². The number of amides is 2. The second kappa shape index (κ2) is 6.73. The average molecular weight is 264 g/mol. The first-order chi connectivity index (χ1) is 9.22. The van der Waals surface area contributed by atoms with Crippen molar-refractivity contribution in [3.63, 3.8) is 0 Å². The molecule has 0 radical (unpaired) electrons. The summed E-state index contributed by atoms with van der Waals surface area (Å²) < 4.78 is 0. The van der Waals surface area contributed by atoms with E-state index in [1.165, 1.54) is 25.0 Å². The van der Waals surface area contributed by atoms with Crippen molar-refractivity contribution in [2.45, 2.75) is 51.9 Å². The van der Waals surface area contributed by atoms with Crippen LogP contribution < -0.4 is 5.32 Å². The quantitative estimate of drug-likeness (QED) is 0.846. The van der Waals surface area contributed by atoms with Gasteiger partial charge in [-0.15, -0.1) is 0 Å². The van der Waals surface area contributed by atoms with E-state index in [1.54, 1.807) is 0 Å². The monoisotopic (exact) mass is 264 g/mol. The maximum atomic E-state index is 12.3. The molecule has 1 aliphatic carbocycles. The van der Waals surface area contributed by atoms with Crippen molar-refractivity contribution >= 4 is 11.8 Å². The summed E-state index contributed by atoms with van der Waals surface area (Å²) in [6, 6.07) is 0. The highest BCUT2D eigenvalue weighted by Crippen LogP contribution is 2.35. The highest BCUT2D eigenvalue weighted by molar-refractivity contribution is 5.80. The van der Waals surface area contributed by atoms with E-state index in [2.05, 4.69) is 11.4 Å². The van der Waals surface area contributed by atoms with Crippen LogP contribution in [0.5, 0.6) is 0 Å². The van der Waals surface area contributed by atoms with E-state index < -0.39 is 0 Å². The Balaban J connectivity index is 1.87. The molecule has 0 saturated carbocycles. The summed E-state index contributed by atoms with van der Waals surface area (Å²) in [6.07, 6.45) is 9.04. The Kier molecular flexibility index (Phi) is 5.00. The third-order valence-corrected chi connectivity index (χ3v) is 4.06. The number of piperidine rings is 1. The lowest BCUT2D eigenvalue weighted by molar-refractivity contribution is -0.130. The van der Waals surface area contributed by atoms with Gasteiger partial charge in [0.2, 0.25) is 11.8 Å². The molecule has 106 valence electrons. The Morgan fingerprint density at radius 1 is 1.37 bits per heavy atom. The zero-order valence-electron chi connectivity index (χ0n) is 11.8. The van der Waals surface area contributed by atoms with Crippen LogP contribution >= 0.6 is 0 Å². The molecule has 19 heavy (non-hydrogen) atoms. The minimum Gasteiger partial charge on any atom is -0.356 e. The molecule has 1 saturated heterocycles. The highest BCUT2D eigenvalue weighted by Gasteiger charge is 2.29. The topological polar surface area (TPSA) is 49.4 Å².